The molecule has 1 aromatic rings. The Bertz CT molecular complexity index is 362. The van der Waals surface area contributed by atoms with Crippen molar-refractivity contribution < 1.29 is 9.90 Å². The number of nitrogens with zero attached hydrogens (tertiary/aromatic N) is 3. The molecule has 5 heteroatoms. The molecule has 1 aliphatic heterocycles. The second-order valence-corrected chi connectivity index (χ2v) is 3.84. The molecule has 0 spiro atoms. The van der Waals surface area contributed by atoms with E-state index < -0.39 is 0 Å². The summed E-state index contributed by atoms with van der Waals surface area (Å²) in [4.78, 5) is 17.8. The Balaban J connectivity index is 0.000000686. The zero-order valence-corrected chi connectivity index (χ0v) is 10.8. The zero-order valence-electron chi connectivity index (χ0n) is 10.8. The fourth-order valence-electron chi connectivity index (χ4n) is 1.99. The first-order chi connectivity index (χ1) is 8.24. The lowest BCUT2D eigenvalue weighted by atomic mass is 10.2. The van der Waals surface area contributed by atoms with Gasteiger partial charge < -0.3 is 14.6 Å². The topological polar surface area (TPSA) is 58.4 Å². The van der Waals surface area contributed by atoms with E-state index in [9.17, 15) is 4.79 Å². The molecule has 0 saturated carbocycles. The highest BCUT2D eigenvalue weighted by Gasteiger charge is 2.30. The summed E-state index contributed by atoms with van der Waals surface area (Å²) in [6.45, 7) is 4.76. The number of likely N-dealkylation sites (tertiary alicyclic amines) is 1. The van der Waals surface area contributed by atoms with Crippen molar-refractivity contribution >= 4 is 5.91 Å². The van der Waals surface area contributed by atoms with Crippen molar-refractivity contribution in [2.24, 2.45) is 7.05 Å². The second-order valence-electron chi connectivity index (χ2n) is 3.84. The van der Waals surface area contributed by atoms with Crippen molar-refractivity contribution in [1.29, 1.82) is 0 Å². The van der Waals surface area contributed by atoms with Crippen molar-refractivity contribution in [3.05, 3.63) is 18.2 Å². The Kier molecular flexibility index (Phi) is 5.15. The van der Waals surface area contributed by atoms with E-state index in [1.54, 1.807) is 28.9 Å². The summed E-state index contributed by atoms with van der Waals surface area (Å²) < 4.78 is 1.70. The lowest BCUT2D eigenvalue weighted by Crippen LogP contribution is -2.38. The Morgan fingerprint density at radius 2 is 2.29 bits per heavy atom. The lowest BCUT2D eigenvalue weighted by molar-refractivity contribution is 0.0662. The summed E-state index contributed by atoms with van der Waals surface area (Å²) in [6.07, 6.45) is 5.20. The molecule has 1 saturated heterocycles. The highest BCUT2D eigenvalue weighted by molar-refractivity contribution is 5.91. The maximum Gasteiger partial charge on any atom is 0.290 e. The van der Waals surface area contributed by atoms with Gasteiger partial charge in [0, 0.05) is 26.0 Å². The minimum Gasteiger partial charge on any atom is -0.394 e. The number of imidazole rings is 1. The average molecular weight is 239 g/mol. The molecule has 0 radical (unpaired) electrons. The van der Waals surface area contributed by atoms with Crippen LogP contribution >= 0.6 is 0 Å². The van der Waals surface area contributed by atoms with E-state index >= 15 is 0 Å². The third-order valence-electron chi connectivity index (χ3n) is 2.86. The molecule has 96 valence electrons. The van der Waals surface area contributed by atoms with Crippen molar-refractivity contribution in [3.8, 4) is 0 Å². The Hall–Kier alpha value is -1.36. The quantitative estimate of drug-likeness (QED) is 0.839. The largest absolute Gasteiger partial charge is 0.394 e. The summed E-state index contributed by atoms with van der Waals surface area (Å²) >= 11 is 0. The minimum absolute atomic E-state index is 0.0331. The van der Waals surface area contributed by atoms with Gasteiger partial charge in [0.05, 0.1) is 12.6 Å². The average Bonchev–Trinajstić information content (AvgIpc) is 2.98. The molecule has 1 aliphatic rings. The van der Waals surface area contributed by atoms with Crippen LogP contribution in [0.15, 0.2) is 12.4 Å². The van der Waals surface area contributed by atoms with E-state index in [1.165, 1.54) is 0 Å². The lowest BCUT2D eigenvalue weighted by Gasteiger charge is -2.22. The summed E-state index contributed by atoms with van der Waals surface area (Å²) in [6, 6.07) is -0.0331. The van der Waals surface area contributed by atoms with E-state index in [1.807, 2.05) is 13.8 Å². The van der Waals surface area contributed by atoms with Gasteiger partial charge in [-0.05, 0) is 12.8 Å². The molecule has 1 atom stereocenters. The van der Waals surface area contributed by atoms with Gasteiger partial charge in [-0.2, -0.15) is 0 Å². The molecule has 1 unspecified atom stereocenters. The van der Waals surface area contributed by atoms with Gasteiger partial charge in [0.25, 0.3) is 5.91 Å². The van der Waals surface area contributed by atoms with Crippen molar-refractivity contribution in [2.75, 3.05) is 13.2 Å². The molecule has 17 heavy (non-hydrogen) atoms. The molecule has 2 rings (SSSR count). The zero-order chi connectivity index (χ0) is 12.8. The summed E-state index contributed by atoms with van der Waals surface area (Å²) in [5.41, 5.74) is 0. The second kappa shape index (κ2) is 6.39. The number of hydrogen-bond donors (Lipinski definition) is 1. The smallest absolute Gasteiger partial charge is 0.290 e. The van der Waals surface area contributed by atoms with E-state index in [-0.39, 0.29) is 18.6 Å². The van der Waals surface area contributed by atoms with Crippen LogP contribution in [-0.4, -0.2) is 44.7 Å². The van der Waals surface area contributed by atoms with E-state index in [0.29, 0.717) is 5.82 Å². The van der Waals surface area contributed by atoms with Gasteiger partial charge in [0.15, 0.2) is 5.82 Å². The fourth-order valence-corrected chi connectivity index (χ4v) is 1.99. The number of aliphatic hydroxyl groups is 1. The molecule has 1 N–H and O–H groups in total. The first kappa shape index (κ1) is 13.7. The van der Waals surface area contributed by atoms with Gasteiger partial charge in [0.2, 0.25) is 0 Å². The predicted molar refractivity (Wildman–Crippen MR) is 65.7 cm³/mol. The van der Waals surface area contributed by atoms with Crippen LogP contribution in [0.25, 0.3) is 0 Å². The molecule has 0 bridgehead atoms. The van der Waals surface area contributed by atoms with Crippen LogP contribution in [0, 0.1) is 0 Å². The first-order valence-corrected chi connectivity index (χ1v) is 6.13. The Labute approximate surface area is 102 Å². The molecule has 5 nitrogen and oxygen atoms in total. The van der Waals surface area contributed by atoms with E-state index in [0.717, 1.165) is 19.4 Å². The van der Waals surface area contributed by atoms with Crippen LogP contribution < -0.4 is 0 Å². The highest BCUT2D eigenvalue weighted by Crippen LogP contribution is 2.18. The summed E-state index contributed by atoms with van der Waals surface area (Å²) in [5.74, 6) is 0.356. The van der Waals surface area contributed by atoms with Gasteiger partial charge >= 0.3 is 0 Å². The normalized spacial score (nSPS) is 18.8. The van der Waals surface area contributed by atoms with Gasteiger partial charge in [-0.15, -0.1) is 0 Å². The number of rotatable bonds is 2. The molecular formula is C12H21N3O2. The van der Waals surface area contributed by atoms with Crippen LogP contribution in [-0.2, 0) is 7.05 Å². The third-order valence-corrected chi connectivity index (χ3v) is 2.86. The summed E-state index contributed by atoms with van der Waals surface area (Å²) in [5, 5.41) is 9.13. The van der Waals surface area contributed by atoms with Crippen molar-refractivity contribution in [3.63, 3.8) is 0 Å². The van der Waals surface area contributed by atoms with Gasteiger partial charge in [-0.1, -0.05) is 13.8 Å². The van der Waals surface area contributed by atoms with Gasteiger partial charge in [0.1, 0.15) is 0 Å². The third kappa shape index (κ3) is 2.85. The maximum atomic E-state index is 12.0. The Morgan fingerprint density at radius 3 is 2.82 bits per heavy atom. The molecule has 2 heterocycles. The molecule has 0 aliphatic carbocycles. The van der Waals surface area contributed by atoms with Gasteiger partial charge in [-0.25, -0.2) is 4.98 Å². The molecule has 0 aromatic carbocycles. The predicted octanol–water partition coefficient (Wildman–Crippen LogP) is 1.04. The number of carbonyl (C=O) groups excluding carboxylic acids is 1. The minimum atomic E-state index is -0.0842. The number of aromatic nitrogens is 2. The number of aliphatic hydroxyl groups excluding tert-OH is 1. The van der Waals surface area contributed by atoms with Crippen LogP contribution in [0.3, 0.4) is 0 Å². The summed E-state index contributed by atoms with van der Waals surface area (Å²) in [7, 11) is 1.80. The molecule has 1 fully saturated rings. The maximum absolute atomic E-state index is 12.0. The first-order valence-electron chi connectivity index (χ1n) is 6.13. The molecule has 1 aromatic heterocycles. The molecular weight excluding hydrogens is 218 g/mol. The Morgan fingerprint density at radius 1 is 1.59 bits per heavy atom. The highest BCUT2D eigenvalue weighted by atomic mass is 16.3. The van der Waals surface area contributed by atoms with Crippen molar-refractivity contribution in [2.45, 2.75) is 32.7 Å². The van der Waals surface area contributed by atoms with Crippen LogP contribution in [0.2, 0.25) is 0 Å². The number of amides is 1. The number of hydrogen-bond acceptors (Lipinski definition) is 3. The SMILES string of the molecule is CC.Cn1ccnc1C(=O)N1CCCC1CO. The van der Waals surface area contributed by atoms with Crippen molar-refractivity contribution in [1.82, 2.24) is 14.5 Å². The monoisotopic (exact) mass is 239 g/mol. The van der Waals surface area contributed by atoms with Crippen LogP contribution in [0.4, 0.5) is 0 Å². The molecule has 1 amide bonds. The van der Waals surface area contributed by atoms with Crippen LogP contribution in [0.5, 0.6) is 0 Å². The fraction of sp³-hybridized carbons (Fsp3) is 0.667. The number of carbonyl (C=O) groups is 1. The van der Waals surface area contributed by atoms with Gasteiger partial charge in [-0.3, -0.25) is 4.79 Å². The number of aryl methyl sites for hydroxylation is 1. The standard InChI is InChI=1S/C10H15N3O2.C2H6/c1-12-6-4-11-9(12)10(15)13-5-2-3-8(13)7-14;1-2/h4,6,8,14H,2-3,5,7H2,1H3;1-2H3. The van der Waals surface area contributed by atoms with Crippen LogP contribution in [0.1, 0.15) is 37.3 Å². The van der Waals surface area contributed by atoms with E-state index in [4.69, 9.17) is 5.11 Å². The van der Waals surface area contributed by atoms with E-state index in [2.05, 4.69) is 4.98 Å².